The molecular weight excluding hydrogens is 239 g/mol. The quantitative estimate of drug-likeness (QED) is 0.790. The van der Waals surface area contributed by atoms with Gasteiger partial charge < -0.3 is 10.2 Å². The van der Waals surface area contributed by atoms with Gasteiger partial charge in [-0.1, -0.05) is 20.3 Å². The molecule has 0 saturated carbocycles. The average molecular weight is 264 g/mol. The average Bonchev–Trinajstić information content (AvgIpc) is 2.87. The second kappa shape index (κ2) is 6.90. The van der Waals surface area contributed by atoms with Gasteiger partial charge in [0.05, 0.1) is 0 Å². The Hall–Kier alpha value is -1.09. The Balaban J connectivity index is 2.04. The summed E-state index contributed by atoms with van der Waals surface area (Å²) in [6.07, 6.45) is 3.56. The molecule has 0 aromatic heterocycles. The highest BCUT2D eigenvalue weighted by Crippen LogP contribution is 2.27. The van der Waals surface area contributed by atoms with E-state index in [0.29, 0.717) is 0 Å². The zero-order chi connectivity index (χ0) is 13.7. The first-order valence-electron chi connectivity index (χ1n) is 7.48. The Morgan fingerprint density at radius 3 is 2.84 bits per heavy atom. The summed E-state index contributed by atoms with van der Waals surface area (Å²) in [4.78, 5) is 2.32. The number of nitrogens with zero attached hydrogens (tertiary/aromatic N) is 1. The summed E-state index contributed by atoms with van der Waals surface area (Å²) in [5.74, 6) is 0.649. The summed E-state index contributed by atoms with van der Waals surface area (Å²) in [7, 11) is 0. The van der Waals surface area contributed by atoms with Gasteiger partial charge in [0.15, 0.2) is 0 Å². The molecule has 1 atom stereocenters. The van der Waals surface area contributed by atoms with Crippen LogP contribution in [-0.2, 0) is 6.54 Å². The van der Waals surface area contributed by atoms with Crippen molar-refractivity contribution in [3.05, 3.63) is 29.6 Å². The summed E-state index contributed by atoms with van der Waals surface area (Å²) >= 11 is 0. The molecule has 2 rings (SSSR count). The SMILES string of the molecule is CCCNCc1cc(F)cc(N2CCC(CC)C2)c1. The van der Waals surface area contributed by atoms with E-state index in [1.165, 1.54) is 12.8 Å². The fourth-order valence-corrected chi connectivity index (χ4v) is 2.73. The van der Waals surface area contributed by atoms with Gasteiger partial charge in [0.2, 0.25) is 0 Å². The molecule has 1 N–H and O–H groups in total. The molecule has 19 heavy (non-hydrogen) atoms. The standard InChI is InChI=1S/C16H25FN2/c1-3-6-18-11-14-8-15(17)10-16(9-14)19-7-5-13(4-2)12-19/h8-10,13,18H,3-7,11-12H2,1-2H3. The number of benzene rings is 1. The molecule has 1 aromatic rings. The summed E-state index contributed by atoms with van der Waals surface area (Å²) in [6, 6.07) is 5.44. The lowest BCUT2D eigenvalue weighted by atomic mass is 10.1. The van der Waals surface area contributed by atoms with Crippen LogP contribution in [0.5, 0.6) is 0 Å². The molecule has 0 radical (unpaired) electrons. The van der Waals surface area contributed by atoms with Crippen LogP contribution in [0.15, 0.2) is 18.2 Å². The first kappa shape index (κ1) is 14.3. The minimum Gasteiger partial charge on any atom is -0.371 e. The van der Waals surface area contributed by atoms with E-state index in [1.807, 2.05) is 0 Å². The number of halogens is 1. The predicted molar refractivity (Wildman–Crippen MR) is 79.0 cm³/mol. The van der Waals surface area contributed by atoms with Gasteiger partial charge in [0.1, 0.15) is 5.82 Å². The van der Waals surface area contributed by atoms with Crippen molar-refractivity contribution in [3.8, 4) is 0 Å². The summed E-state index contributed by atoms with van der Waals surface area (Å²) in [5.41, 5.74) is 2.09. The third-order valence-electron chi connectivity index (χ3n) is 3.93. The molecule has 3 heteroatoms. The Labute approximate surface area is 116 Å². The highest BCUT2D eigenvalue weighted by atomic mass is 19.1. The summed E-state index contributed by atoms with van der Waals surface area (Å²) < 4.78 is 13.7. The Kier molecular flexibility index (Phi) is 5.20. The molecular formula is C16H25FN2. The third-order valence-corrected chi connectivity index (χ3v) is 3.93. The smallest absolute Gasteiger partial charge is 0.125 e. The topological polar surface area (TPSA) is 15.3 Å². The van der Waals surface area contributed by atoms with Crippen LogP contribution in [0.1, 0.15) is 38.7 Å². The Morgan fingerprint density at radius 1 is 1.32 bits per heavy atom. The van der Waals surface area contributed by atoms with Crippen molar-refractivity contribution < 1.29 is 4.39 Å². The van der Waals surface area contributed by atoms with Gasteiger partial charge in [-0.3, -0.25) is 0 Å². The maximum atomic E-state index is 13.7. The van der Waals surface area contributed by atoms with Crippen molar-refractivity contribution in [2.45, 2.75) is 39.7 Å². The van der Waals surface area contributed by atoms with E-state index in [1.54, 1.807) is 12.1 Å². The lowest BCUT2D eigenvalue weighted by Gasteiger charge is -2.19. The molecule has 1 unspecified atom stereocenters. The van der Waals surface area contributed by atoms with Crippen LogP contribution in [0, 0.1) is 11.7 Å². The number of anilines is 1. The third kappa shape index (κ3) is 3.93. The molecule has 1 aliphatic heterocycles. The predicted octanol–water partition coefficient (Wildman–Crippen LogP) is 3.56. The molecule has 1 saturated heterocycles. The van der Waals surface area contributed by atoms with E-state index >= 15 is 0 Å². The Morgan fingerprint density at radius 2 is 2.16 bits per heavy atom. The molecule has 1 fully saturated rings. The van der Waals surface area contributed by atoms with Gasteiger partial charge in [-0.05, 0) is 49.1 Å². The molecule has 0 amide bonds. The fourth-order valence-electron chi connectivity index (χ4n) is 2.73. The van der Waals surface area contributed by atoms with E-state index in [0.717, 1.165) is 49.8 Å². The van der Waals surface area contributed by atoms with Gasteiger partial charge in [-0.25, -0.2) is 4.39 Å². The van der Waals surface area contributed by atoms with Crippen molar-refractivity contribution in [1.29, 1.82) is 0 Å². The van der Waals surface area contributed by atoms with Gasteiger partial charge in [-0.15, -0.1) is 0 Å². The number of hydrogen-bond acceptors (Lipinski definition) is 2. The normalized spacial score (nSPS) is 19.1. The maximum absolute atomic E-state index is 13.7. The second-order valence-electron chi connectivity index (χ2n) is 5.50. The van der Waals surface area contributed by atoms with Gasteiger partial charge in [-0.2, -0.15) is 0 Å². The van der Waals surface area contributed by atoms with Gasteiger partial charge in [0.25, 0.3) is 0 Å². The minimum atomic E-state index is -0.120. The lowest BCUT2D eigenvalue weighted by molar-refractivity contribution is 0.568. The zero-order valence-electron chi connectivity index (χ0n) is 12.1. The molecule has 0 aliphatic carbocycles. The number of rotatable bonds is 6. The van der Waals surface area contributed by atoms with E-state index in [-0.39, 0.29) is 5.82 Å². The number of hydrogen-bond donors (Lipinski definition) is 1. The second-order valence-corrected chi connectivity index (χ2v) is 5.50. The van der Waals surface area contributed by atoms with Crippen LogP contribution in [0.3, 0.4) is 0 Å². The first-order valence-corrected chi connectivity index (χ1v) is 7.48. The van der Waals surface area contributed by atoms with Crippen LogP contribution in [0.4, 0.5) is 10.1 Å². The monoisotopic (exact) mass is 264 g/mol. The van der Waals surface area contributed by atoms with Crippen LogP contribution < -0.4 is 10.2 Å². The molecule has 106 valence electrons. The summed E-state index contributed by atoms with van der Waals surface area (Å²) in [6.45, 7) is 8.24. The fraction of sp³-hybridized carbons (Fsp3) is 0.625. The van der Waals surface area contributed by atoms with Crippen LogP contribution in [-0.4, -0.2) is 19.6 Å². The van der Waals surface area contributed by atoms with Gasteiger partial charge >= 0.3 is 0 Å². The van der Waals surface area contributed by atoms with E-state index < -0.39 is 0 Å². The molecule has 1 heterocycles. The van der Waals surface area contributed by atoms with Crippen LogP contribution in [0.2, 0.25) is 0 Å². The summed E-state index contributed by atoms with van der Waals surface area (Å²) in [5, 5.41) is 3.33. The van der Waals surface area contributed by atoms with Gasteiger partial charge in [0, 0.05) is 25.3 Å². The molecule has 2 nitrogen and oxygen atoms in total. The molecule has 1 aromatic carbocycles. The van der Waals surface area contributed by atoms with Crippen molar-refractivity contribution in [3.63, 3.8) is 0 Å². The highest BCUT2D eigenvalue weighted by molar-refractivity contribution is 5.50. The van der Waals surface area contributed by atoms with Crippen LogP contribution >= 0.6 is 0 Å². The highest BCUT2D eigenvalue weighted by Gasteiger charge is 2.21. The molecule has 0 spiro atoms. The minimum absolute atomic E-state index is 0.120. The van der Waals surface area contributed by atoms with Crippen LogP contribution in [0.25, 0.3) is 0 Å². The lowest BCUT2D eigenvalue weighted by Crippen LogP contribution is -2.20. The largest absolute Gasteiger partial charge is 0.371 e. The van der Waals surface area contributed by atoms with E-state index in [2.05, 4.69) is 30.1 Å². The van der Waals surface area contributed by atoms with E-state index in [9.17, 15) is 4.39 Å². The van der Waals surface area contributed by atoms with Crippen molar-refractivity contribution in [1.82, 2.24) is 5.32 Å². The van der Waals surface area contributed by atoms with E-state index in [4.69, 9.17) is 0 Å². The van der Waals surface area contributed by atoms with Crippen molar-refractivity contribution in [2.24, 2.45) is 5.92 Å². The zero-order valence-corrected chi connectivity index (χ0v) is 12.1. The van der Waals surface area contributed by atoms with Crippen molar-refractivity contribution in [2.75, 3.05) is 24.5 Å². The van der Waals surface area contributed by atoms with Crippen molar-refractivity contribution >= 4 is 5.69 Å². The maximum Gasteiger partial charge on any atom is 0.125 e. The molecule has 0 bridgehead atoms. The first-order chi connectivity index (χ1) is 9.22. The molecule has 1 aliphatic rings. The Bertz CT molecular complexity index is 406. The number of nitrogens with one attached hydrogen (secondary N) is 1.